The summed E-state index contributed by atoms with van der Waals surface area (Å²) in [6.45, 7) is 6.32. The third-order valence-corrected chi connectivity index (χ3v) is 5.79. The minimum absolute atomic E-state index is 0.120. The Bertz CT molecular complexity index is 1070. The van der Waals surface area contributed by atoms with Gasteiger partial charge in [-0.05, 0) is 59.2 Å². The van der Waals surface area contributed by atoms with Crippen LogP contribution in [0.1, 0.15) is 49.5 Å². The van der Waals surface area contributed by atoms with E-state index in [1.165, 1.54) is 16.7 Å². The van der Waals surface area contributed by atoms with Crippen LogP contribution < -0.4 is 10.1 Å². The Morgan fingerprint density at radius 2 is 1.50 bits per heavy atom. The first kappa shape index (κ1) is 25.0. The van der Waals surface area contributed by atoms with E-state index in [1.54, 1.807) is 24.3 Å². The minimum Gasteiger partial charge on any atom is -0.494 e. The molecule has 2 N–H and O–H groups in total. The van der Waals surface area contributed by atoms with Gasteiger partial charge in [0, 0.05) is 11.6 Å². The number of aliphatic carboxylic acids is 1. The molecule has 1 atom stereocenters. The van der Waals surface area contributed by atoms with Crippen molar-refractivity contribution in [3.63, 3.8) is 0 Å². The standard InChI is InChI=1S/C29H33NO4/c1-29(2,3)26(20-27(31)32)30-28(33)24-15-17-25(18-16-24)34-19-7-8-21-11-13-23(14-12-21)22-9-5-4-6-10-22/h4-6,9-18,26H,7-8,19-20H2,1-3H3,(H,30,33)(H,31,32)/t26-/m0/s1. The number of aryl methyl sites for hydroxylation is 1. The molecule has 0 unspecified atom stereocenters. The molecular weight excluding hydrogens is 426 g/mol. The molecule has 3 aromatic carbocycles. The van der Waals surface area contributed by atoms with Crippen molar-refractivity contribution in [1.82, 2.24) is 5.32 Å². The summed E-state index contributed by atoms with van der Waals surface area (Å²) >= 11 is 0. The summed E-state index contributed by atoms with van der Waals surface area (Å²) in [6, 6.07) is 25.4. The van der Waals surface area contributed by atoms with Gasteiger partial charge < -0.3 is 15.2 Å². The fourth-order valence-electron chi connectivity index (χ4n) is 3.65. The fraction of sp³-hybridized carbons (Fsp3) is 0.310. The van der Waals surface area contributed by atoms with Gasteiger partial charge in [0.2, 0.25) is 0 Å². The van der Waals surface area contributed by atoms with Crippen LogP contribution in [0.5, 0.6) is 5.75 Å². The first-order valence-electron chi connectivity index (χ1n) is 11.6. The topological polar surface area (TPSA) is 75.6 Å². The summed E-state index contributed by atoms with van der Waals surface area (Å²) < 4.78 is 5.83. The Balaban J connectivity index is 1.46. The normalized spacial score (nSPS) is 12.1. The van der Waals surface area contributed by atoms with Crippen molar-refractivity contribution < 1.29 is 19.4 Å². The Hall–Kier alpha value is -3.60. The molecule has 3 aromatic rings. The van der Waals surface area contributed by atoms with Crippen LogP contribution in [-0.2, 0) is 11.2 Å². The first-order valence-corrected chi connectivity index (χ1v) is 11.6. The summed E-state index contributed by atoms with van der Waals surface area (Å²) in [4.78, 5) is 23.7. The third kappa shape index (κ3) is 7.48. The van der Waals surface area contributed by atoms with E-state index in [0.717, 1.165) is 12.8 Å². The van der Waals surface area contributed by atoms with Crippen LogP contribution in [0.2, 0.25) is 0 Å². The van der Waals surface area contributed by atoms with E-state index in [1.807, 2.05) is 39.0 Å². The molecule has 0 aromatic heterocycles. The molecule has 34 heavy (non-hydrogen) atoms. The Labute approximate surface area is 201 Å². The van der Waals surface area contributed by atoms with Gasteiger partial charge in [-0.15, -0.1) is 0 Å². The number of carbonyl (C=O) groups is 2. The van der Waals surface area contributed by atoms with Crippen LogP contribution in [0.3, 0.4) is 0 Å². The Kier molecular flexibility index (Phi) is 8.47. The van der Waals surface area contributed by atoms with Crippen LogP contribution in [0, 0.1) is 5.41 Å². The number of rotatable bonds is 10. The van der Waals surface area contributed by atoms with Crippen molar-refractivity contribution in [2.75, 3.05) is 6.61 Å². The summed E-state index contributed by atoms with van der Waals surface area (Å²) in [5.41, 5.74) is 3.81. The molecule has 0 spiro atoms. The highest BCUT2D eigenvalue weighted by Crippen LogP contribution is 2.23. The Morgan fingerprint density at radius 1 is 0.882 bits per heavy atom. The second kappa shape index (κ2) is 11.5. The zero-order chi connectivity index (χ0) is 24.6. The van der Waals surface area contributed by atoms with E-state index in [4.69, 9.17) is 9.84 Å². The number of carbonyl (C=O) groups excluding carboxylic acids is 1. The molecule has 0 bridgehead atoms. The maximum atomic E-state index is 12.6. The van der Waals surface area contributed by atoms with Crippen LogP contribution in [0.15, 0.2) is 78.9 Å². The zero-order valence-corrected chi connectivity index (χ0v) is 20.1. The van der Waals surface area contributed by atoms with Crippen LogP contribution in [0.4, 0.5) is 0 Å². The van der Waals surface area contributed by atoms with Gasteiger partial charge in [0.15, 0.2) is 0 Å². The molecule has 0 radical (unpaired) electrons. The van der Waals surface area contributed by atoms with Gasteiger partial charge >= 0.3 is 5.97 Å². The lowest BCUT2D eigenvalue weighted by molar-refractivity contribution is -0.138. The average Bonchev–Trinajstić information content (AvgIpc) is 2.82. The predicted octanol–water partition coefficient (Wildman–Crippen LogP) is 5.98. The van der Waals surface area contributed by atoms with E-state index < -0.39 is 12.0 Å². The van der Waals surface area contributed by atoms with Gasteiger partial charge in [-0.1, -0.05) is 75.4 Å². The minimum atomic E-state index is -0.934. The molecule has 1 amide bonds. The highest BCUT2D eigenvalue weighted by atomic mass is 16.5. The molecule has 0 aliphatic carbocycles. The molecule has 0 aliphatic heterocycles. The maximum Gasteiger partial charge on any atom is 0.305 e. The summed E-state index contributed by atoms with van der Waals surface area (Å²) in [5.74, 6) is -0.517. The lowest BCUT2D eigenvalue weighted by atomic mass is 9.84. The molecule has 0 aliphatic rings. The number of ether oxygens (including phenoxy) is 1. The number of amides is 1. The third-order valence-electron chi connectivity index (χ3n) is 5.79. The molecule has 5 heteroatoms. The predicted molar refractivity (Wildman–Crippen MR) is 135 cm³/mol. The van der Waals surface area contributed by atoms with Crippen molar-refractivity contribution >= 4 is 11.9 Å². The fourth-order valence-corrected chi connectivity index (χ4v) is 3.65. The van der Waals surface area contributed by atoms with E-state index in [0.29, 0.717) is 17.9 Å². The summed E-state index contributed by atoms with van der Waals surface area (Å²) in [7, 11) is 0. The maximum absolute atomic E-state index is 12.6. The van der Waals surface area contributed by atoms with Crippen molar-refractivity contribution in [3.05, 3.63) is 90.0 Å². The van der Waals surface area contributed by atoms with Crippen molar-refractivity contribution in [3.8, 4) is 16.9 Å². The van der Waals surface area contributed by atoms with Crippen molar-refractivity contribution in [2.45, 2.75) is 46.1 Å². The van der Waals surface area contributed by atoms with Gasteiger partial charge in [0.25, 0.3) is 5.91 Å². The number of hydrogen-bond donors (Lipinski definition) is 2. The number of carboxylic acids is 1. The van der Waals surface area contributed by atoms with E-state index in [2.05, 4.69) is 41.7 Å². The number of carboxylic acid groups (broad SMARTS) is 1. The molecule has 0 fully saturated rings. The molecule has 0 saturated heterocycles. The van der Waals surface area contributed by atoms with Gasteiger partial charge in [0.1, 0.15) is 5.75 Å². The van der Waals surface area contributed by atoms with Crippen LogP contribution in [-0.4, -0.2) is 29.6 Å². The van der Waals surface area contributed by atoms with E-state index in [9.17, 15) is 9.59 Å². The van der Waals surface area contributed by atoms with Gasteiger partial charge in [-0.3, -0.25) is 9.59 Å². The zero-order valence-electron chi connectivity index (χ0n) is 20.1. The molecular formula is C29H33NO4. The van der Waals surface area contributed by atoms with Crippen molar-refractivity contribution in [2.24, 2.45) is 5.41 Å². The number of nitrogens with one attached hydrogen (secondary N) is 1. The average molecular weight is 460 g/mol. The molecule has 178 valence electrons. The van der Waals surface area contributed by atoms with Crippen molar-refractivity contribution in [1.29, 1.82) is 0 Å². The Morgan fingerprint density at radius 3 is 2.09 bits per heavy atom. The number of benzene rings is 3. The van der Waals surface area contributed by atoms with E-state index >= 15 is 0 Å². The summed E-state index contributed by atoms with van der Waals surface area (Å²) in [6.07, 6.45) is 1.69. The van der Waals surface area contributed by atoms with Gasteiger partial charge in [0.05, 0.1) is 13.0 Å². The largest absolute Gasteiger partial charge is 0.494 e. The van der Waals surface area contributed by atoms with Gasteiger partial charge in [-0.2, -0.15) is 0 Å². The smallest absolute Gasteiger partial charge is 0.305 e. The molecule has 3 rings (SSSR count). The second-order valence-corrected chi connectivity index (χ2v) is 9.53. The van der Waals surface area contributed by atoms with Gasteiger partial charge in [-0.25, -0.2) is 0 Å². The molecule has 5 nitrogen and oxygen atoms in total. The molecule has 0 heterocycles. The lowest BCUT2D eigenvalue weighted by Crippen LogP contribution is -2.45. The highest BCUT2D eigenvalue weighted by Gasteiger charge is 2.28. The number of hydrogen-bond acceptors (Lipinski definition) is 3. The highest BCUT2D eigenvalue weighted by molar-refractivity contribution is 5.94. The first-order chi connectivity index (χ1) is 16.2. The van der Waals surface area contributed by atoms with Crippen LogP contribution >= 0.6 is 0 Å². The lowest BCUT2D eigenvalue weighted by Gasteiger charge is -2.30. The monoisotopic (exact) mass is 459 g/mol. The van der Waals surface area contributed by atoms with Crippen LogP contribution in [0.25, 0.3) is 11.1 Å². The molecule has 0 saturated carbocycles. The van der Waals surface area contributed by atoms with E-state index in [-0.39, 0.29) is 17.7 Å². The summed E-state index contributed by atoms with van der Waals surface area (Å²) in [5, 5.41) is 12.0. The quantitative estimate of drug-likeness (QED) is 0.366. The SMILES string of the molecule is CC(C)(C)[C@H](CC(=O)O)NC(=O)c1ccc(OCCCc2ccc(-c3ccccc3)cc2)cc1. The second-order valence-electron chi connectivity index (χ2n) is 9.53.